The van der Waals surface area contributed by atoms with Crippen molar-refractivity contribution >= 4 is 0 Å². The first-order valence-corrected chi connectivity index (χ1v) is 6.55. The van der Waals surface area contributed by atoms with E-state index in [-0.39, 0.29) is 0 Å². The molecule has 0 unspecified atom stereocenters. The summed E-state index contributed by atoms with van der Waals surface area (Å²) in [5.41, 5.74) is -0.436. The third kappa shape index (κ3) is 4.55. The van der Waals surface area contributed by atoms with E-state index in [1.807, 2.05) is 6.92 Å². The maximum Gasteiger partial charge on any atom is 0.0658 e. The summed E-state index contributed by atoms with van der Waals surface area (Å²) in [7, 11) is 0. The van der Waals surface area contributed by atoms with E-state index in [1.165, 1.54) is 6.42 Å². The van der Waals surface area contributed by atoms with Gasteiger partial charge in [-0.1, -0.05) is 6.92 Å². The van der Waals surface area contributed by atoms with Crippen LogP contribution in [-0.4, -0.2) is 23.3 Å². The van der Waals surface area contributed by atoms with Gasteiger partial charge >= 0.3 is 0 Å². The van der Waals surface area contributed by atoms with Crippen LogP contribution >= 0.6 is 0 Å². The predicted octanol–water partition coefficient (Wildman–Crippen LogP) is 2.46. The summed E-state index contributed by atoms with van der Waals surface area (Å²) >= 11 is 0. The van der Waals surface area contributed by atoms with Gasteiger partial charge in [0.15, 0.2) is 0 Å². The van der Waals surface area contributed by atoms with E-state index < -0.39 is 5.60 Å². The van der Waals surface area contributed by atoms with Gasteiger partial charge in [-0.3, -0.25) is 0 Å². The van der Waals surface area contributed by atoms with Crippen molar-refractivity contribution < 1.29 is 5.11 Å². The predicted molar refractivity (Wildman–Crippen MR) is 68.2 cm³/mol. The normalized spacial score (nSPS) is 29.6. The maximum absolute atomic E-state index is 10.3. The van der Waals surface area contributed by atoms with Crippen LogP contribution in [0.4, 0.5) is 0 Å². The second kappa shape index (κ2) is 6.93. The van der Waals surface area contributed by atoms with Gasteiger partial charge < -0.3 is 10.4 Å². The van der Waals surface area contributed by atoms with Crippen LogP contribution in [0, 0.1) is 11.8 Å². The summed E-state index contributed by atoms with van der Waals surface area (Å²) < 4.78 is 0. The van der Waals surface area contributed by atoms with Crippen molar-refractivity contribution in [3.63, 3.8) is 0 Å². The summed E-state index contributed by atoms with van der Waals surface area (Å²) in [4.78, 5) is 0. The van der Waals surface area contributed by atoms with Crippen LogP contribution in [0.1, 0.15) is 58.8 Å². The Kier molecular flexibility index (Phi) is 5.87. The molecule has 1 aliphatic rings. The van der Waals surface area contributed by atoms with Crippen LogP contribution in [0.15, 0.2) is 0 Å². The molecule has 2 N–H and O–H groups in total. The van der Waals surface area contributed by atoms with Crippen LogP contribution < -0.4 is 5.32 Å². The highest BCUT2D eigenvalue weighted by Crippen LogP contribution is 2.31. The van der Waals surface area contributed by atoms with Crippen molar-refractivity contribution in [2.75, 3.05) is 6.54 Å². The molecule has 0 bridgehead atoms. The molecule has 2 heteroatoms. The van der Waals surface area contributed by atoms with E-state index in [0.29, 0.717) is 6.04 Å². The lowest BCUT2D eigenvalue weighted by Gasteiger charge is -2.36. The monoisotopic (exact) mass is 223 g/mol. The number of rotatable bonds is 5. The van der Waals surface area contributed by atoms with Crippen LogP contribution in [0.5, 0.6) is 0 Å². The first-order chi connectivity index (χ1) is 7.70. The largest absolute Gasteiger partial charge is 0.390 e. The molecule has 16 heavy (non-hydrogen) atoms. The lowest BCUT2D eigenvalue weighted by molar-refractivity contribution is -0.00962. The van der Waals surface area contributed by atoms with Crippen molar-refractivity contribution in [3.05, 3.63) is 0 Å². The molecule has 0 spiro atoms. The fourth-order valence-corrected chi connectivity index (χ4v) is 2.38. The van der Waals surface area contributed by atoms with Crippen LogP contribution in [-0.2, 0) is 0 Å². The summed E-state index contributed by atoms with van der Waals surface area (Å²) in [5, 5.41) is 13.9. The third-order valence-corrected chi connectivity index (χ3v) is 3.49. The van der Waals surface area contributed by atoms with Gasteiger partial charge in [0.1, 0.15) is 0 Å². The van der Waals surface area contributed by atoms with E-state index in [4.69, 9.17) is 0 Å². The smallest absolute Gasteiger partial charge is 0.0658 e. The van der Waals surface area contributed by atoms with E-state index in [2.05, 4.69) is 24.1 Å². The van der Waals surface area contributed by atoms with Crippen LogP contribution in [0.25, 0.3) is 0 Å². The molecule has 92 valence electrons. The first kappa shape index (κ1) is 13.5. The zero-order valence-electron chi connectivity index (χ0n) is 10.7. The molecule has 2 nitrogen and oxygen atoms in total. The van der Waals surface area contributed by atoms with Gasteiger partial charge in [-0.25, -0.2) is 0 Å². The molecule has 0 saturated heterocycles. The van der Waals surface area contributed by atoms with Gasteiger partial charge in [0.2, 0.25) is 0 Å². The van der Waals surface area contributed by atoms with Gasteiger partial charge in [0, 0.05) is 12.5 Å². The van der Waals surface area contributed by atoms with Crippen molar-refractivity contribution in [2.45, 2.75) is 70.4 Å². The third-order valence-electron chi connectivity index (χ3n) is 3.49. The summed E-state index contributed by atoms with van der Waals surface area (Å²) in [6.07, 6.45) is 6.94. The lowest BCUT2D eigenvalue weighted by Crippen LogP contribution is -2.41. The van der Waals surface area contributed by atoms with Crippen molar-refractivity contribution in [1.29, 1.82) is 0 Å². The fraction of sp³-hybridized carbons (Fsp3) is 0.857. The minimum absolute atomic E-state index is 0.436. The zero-order valence-corrected chi connectivity index (χ0v) is 10.7. The Bertz CT molecular complexity index is 243. The summed E-state index contributed by atoms with van der Waals surface area (Å²) in [6, 6.07) is 0.623. The Morgan fingerprint density at radius 3 is 2.62 bits per heavy atom. The van der Waals surface area contributed by atoms with Crippen LogP contribution in [0.2, 0.25) is 0 Å². The van der Waals surface area contributed by atoms with E-state index in [9.17, 15) is 5.11 Å². The highest BCUT2D eigenvalue weighted by molar-refractivity contribution is 4.98. The second-order valence-corrected chi connectivity index (χ2v) is 4.88. The first-order valence-electron chi connectivity index (χ1n) is 6.55. The van der Waals surface area contributed by atoms with E-state index in [0.717, 1.165) is 45.1 Å². The standard InChI is InChI=1S/C14H25NO/c1-3-5-6-9-14(16)10-7-13(8-11-14)15-12-4-2/h13,15-16H,4,6-12H2,1-2H3. The minimum atomic E-state index is -0.436. The van der Waals surface area contributed by atoms with Crippen LogP contribution in [0.3, 0.4) is 0 Å². The Balaban J connectivity index is 2.25. The Hall–Kier alpha value is -0.520. The lowest BCUT2D eigenvalue weighted by atomic mass is 9.79. The fourth-order valence-electron chi connectivity index (χ4n) is 2.38. The minimum Gasteiger partial charge on any atom is -0.390 e. The molecule has 1 aliphatic carbocycles. The molecule has 1 fully saturated rings. The van der Waals surface area contributed by atoms with Gasteiger partial charge in [-0.15, -0.1) is 11.8 Å². The SMILES string of the molecule is CC#CCCC1(O)CCC(NCCC)CC1. The average Bonchev–Trinajstić information content (AvgIpc) is 2.29. The van der Waals surface area contributed by atoms with E-state index >= 15 is 0 Å². The molecule has 1 saturated carbocycles. The van der Waals surface area contributed by atoms with Gasteiger partial charge in [-0.2, -0.15) is 0 Å². The molecule has 0 aromatic carbocycles. The Morgan fingerprint density at radius 1 is 1.38 bits per heavy atom. The molecule has 0 radical (unpaired) electrons. The molecule has 0 amide bonds. The molecular formula is C14H25NO. The van der Waals surface area contributed by atoms with Crippen molar-refractivity contribution in [1.82, 2.24) is 5.32 Å². The topological polar surface area (TPSA) is 32.3 Å². The van der Waals surface area contributed by atoms with E-state index in [1.54, 1.807) is 0 Å². The molecule has 0 aromatic heterocycles. The molecule has 0 aromatic rings. The van der Waals surface area contributed by atoms with Crippen molar-refractivity contribution in [3.8, 4) is 11.8 Å². The van der Waals surface area contributed by atoms with Gasteiger partial charge in [0.25, 0.3) is 0 Å². The molecule has 1 rings (SSSR count). The highest BCUT2D eigenvalue weighted by atomic mass is 16.3. The molecule has 0 aliphatic heterocycles. The van der Waals surface area contributed by atoms with Gasteiger partial charge in [-0.05, 0) is 52.0 Å². The average molecular weight is 223 g/mol. The van der Waals surface area contributed by atoms with Crippen molar-refractivity contribution in [2.24, 2.45) is 0 Å². The maximum atomic E-state index is 10.3. The molecule has 0 atom stereocenters. The number of aliphatic hydroxyl groups is 1. The molecular weight excluding hydrogens is 198 g/mol. The van der Waals surface area contributed by atoms with Gasteiger partial charge in [0.05, 0.1) is 5.60 Å². The molecule has 0 heterocycles. The highest BCUT2D eigenvalue weighted by Gasteiger charge is 2.32. The Morgan fingerprint density at radius 2 is 2.06 bits per heavy atom. The summed E-state index contributed by atoms with van der Waals surface area (Å²) in [5.74, 6) is 5.93. The second-order valence-electron chi connectivity index (χ2n) is 4.88. The quantitative estimate of drug-likeness (QED) is 0.702. The number of hydrogen-bond donors (Lipinski definition) is 2. The number of nitrogens with one attached hydrogen (secondary N) is 1. The number of hydrogen-bond acceptors (Lipinski definition) is 2. The Labute approximate surface area is 99.8 Å². The summed E-state index contributed by atoms with van der Waals surface area (Å²) in [6.45, 7) is 5.15. The zero-order chi connectivity index (χ0) is 11.9.